The van der Waals surface area contributed by atoms with Crippen molar-refractivity contribution < 1.29 is 4.79 Å². The quantitative estimate of drug-likeness (QED) is 0.661. The summed E-state index contributed by atoms with van der Waals surface area (Å²) in [4.78, 5) is 25.6. The first-order valence-corrected chi connectivity index (χ1v) is 13.4. The first kappa shape index (κ1) is 22.7. The summed E-state index contributed by atoms with van der Waals surface area (Å²) in [5.74, 6) is 0.149. The molecule has 2 N–H and O–H groups in total. The SMILES string of the molecule is CCN1CCc2sc(NC3CC3)nc2C1.Cc1ncc(CC(=O)NC2CCCCC2)s1. The van der Waals surface area contributed by atoms with E-state index in [1.807, 2.05) is 18.3 Å². The molecule has 0 unspecified atom stereocenters. The molecule has 1 amide bonds. The Morgan fingerprint density at radius 1 is 1.16 bits per heavy atom. The monoisotopic (exact) mass is 461 g/mol. The highest BCUT2D eigenvalue weighted by atomic mass is 32.1. The van der Waals surface area contributed by atoms with Gasteiger partial charge in [0, 0.05) is 41.1 Å². The number of nitrogens with one attached hydrogen (secondary N) is 2. The van der Waals surface area contributed by atoms with Crippen LogP contribution in [0.15, 0.2) is 6.20 Å². The molecule has 2 aromatic rings. The minimum Gasteiger partial charge on any atom is -0.359 e. The molecule has 2 fully saturated rings. The summed E-state index contributed by atoms with van der Waals surface area (Å²) in [6.07, 6.45) is 12.3. The van der Waals surface area contributed by atoms with Gasteiger partial charge >= 0.3 is 0 Å². The van der Waals surface area contributed by atoms with E-state index in [0.29, 0.717) is 12.5 Å². The van der Waals surface area contributed by atoms with Crippen LogP contribution < -0.4 is 10.6 Å². The number of hydrogen-bond donors (Lipinski definition) is 2. The lowest BCUT2D eigenvalue weighted by Gasteiger charge is -2.23. The van der Waals surface area contributed by atoms with Crippen molar-refractivity contribution in [2.24, 2.45) is 0 Å². The van der Waals surface area contributed by atoms with Crippen molar-refractivity contribution in [3.05, 3.63) is 26.7 Å². The molecular weight excluding hydrogens is 426 g/mol. The summed E-state index contributed by atoms with van der Waals surface area (Å²) in [6, 6.07) is 1.13. The fourth-order valence-electron chi connectivity index (χ4n) is 4.16. The Kier molecular flexibility index (Phi) is 7.96. The van der Waals surface area contributed by atoms with Crippen molar-refractivity contribution in [3.63, 3.8) is 0 Å². The van der Waals surface area contributed by atoms with Gasteiger partial charge in [-0.05, 0) is 45.6 Å². The highest BCUT2D eigenvalue weighted by Gasteiger charge is 2.25. The molecule has 0 spiro atoms. The maximum absolute atomic E-state index is 11.8. The lowest BCUT2D eigenvalue weighted by molar-refractivity contribution is -0.121. The number of nitrogens with zero attached hydrogens (tertiary/aromatic N) is 3. The summed E-state index contributed by atoms with van der Waals surface area (Å²) in [7, 11) is 0. The van der Waals surface area contributed by atoms with Gasteiger partial charge in [-0.15, -0.1) is 22.7 Å². The van der Waals surface area contributed by atoms with E-state index in [-0.39, 0.29) is 5.91 Å². The molecule has 1 aliphatic heterocycles. The van der Waals surface area contributed by atoms with Crippen molar-refractivity contribution in [2.75, 3.05) is 18.4 Å². The smallest absolute Gasteiger partial charge is 0.225 e. The van der Waals surface area contributed by atoms with Crippen LogP contribution in [0.5, 0.6) is 0 Å². The fraction of sp³-hybridized carbons (Fsp3) is 0.696. The zero-order chi connectivity index (χ0) is 21.6. The Morgan fingerprint density at radius 2 is 1.97 bits per heavy atom. The number of likely N-dealkylation sites (N-methyl/N-ethyl adjacent to an activating group) is 1. The van der Waals surface area contributed by atoms with Crippen LogP contribution in [-0.2, 0) is 24.2 Å². The molecule has 0 atom stereocenters. The summed E-state index contributed by atoms with van der Waals surface area (Å²) < 4.78 is 0. The normalized spacial score (nSPS) is 19.3. The van der Waals surface area contributed by atoms with Crippen molar-refractivity contribution in [2.45, 2.75) is 90.3 Å². The maximum atomic E-state index is 11.8. The lowest BCUT2D eigenvalue weighted by Crippen LogP contribution is -2.36. The molecule has 170 valence electrons. The lowest BCUT2D eigenvalue weighted by atomic mass is 9.95. The van der Waals surface area contributed by atoms with Gasteiger partial charge in [0.2, 0.25) is 5.91 Å². The van der Waals surface area contributed by atoms with Gasteiger partial charge in [-0.25, -0.2) is 9.97 Å². The molecular formula is C23H35N5OS2. The van der Waals surface area contributed by atoms with E-state index in [2.05, 4.69) is 27.4 Å². The molecule has 8 heteroatoms. The second-order valence-corrected chi connectivity index (χ2v) is 11.3. The Morgan fingerprint density at radius 3 is 2.65 bits per heavy atom. The predicted octanol–water partition coefficient (Wildman–Crippen LogP) is 4.54. The summed E-state index contributed by atoms with van der Waals surface area (Å²) in [5, 5.41) is 8.79. The van der Waals surface area contributed by atoms with Crippen LogP contribution in [0, 0.1) is 6.92 Å². The number of thiazole rings is 2. The van der Waals surface area contributed by atoms with Crippen LogP contribution in [0.2, 0.25) is 0 Å². The average Bonchev–Trinajstić information content (AvgIpc) is 3.34. The Bertz CT molecular complexity index is 854. The molecule has 2 aromatic heterocycles. The van der Waals surface area contributed by atoms with Crippen molar-refractivity contribution >= 4 is 33.7 Å². The molecule has 0 saturated heterocycles. The minimum absolute atomic E-state index is 0.149. The maximum Gasteiger partial charge on any atom is 0.225 e. The van der Waals surface area contributed by atoms with Gasteiger partial charge in [-0.1, -0.05) is 26.2 Å². The van der Waals surface area contributed by atoms with Crippen LogP contribution >= 0.6 is 22.7 Å². The van der Waals surface area contributed by atoms with Crippen molar-refractivity contribution in [1.82, 2.24) is 20.2 Å². The Labute approximate surface area is 193 Å². The first-order chi connectivity index (χ1) is 15.1. The van der Waals surface area contributed by atoms with Crippen LogP contribution in [0.1, 0.15) is 72.3 Å². The van der Waals surface area contributed by atoms with Gasteiger partial charge in [0.05, 0.1) is 17.1 Å². The highest BCUT2D eigenvalue weighted by molar-refractivity contribution is 7.15. The molecule has 0 bridgehead atoms. The number of carbonyl (C=O) groups is 1. The van der Waals surface area contributed by atoms with Crippen molar-refractivity contribution in [1.29, 1.82) is 0 Å². The van der Waals surface area contributed by atoms with Crippen LogP contribution in [0.25, 0.3) is 0 Å². The van der Waals surface area contributed by atoms with E-state index in [1.54, 1.807) is 17.5 Å². The molecule has 0 radical (unpaired) electrons. The van der Waals surface area contributed by atoms with Gasteiger partial charge < -0.3 is 10.6 Å². The number of fused-ring (bicyclic) bond motifs is 1. The van der Waals surface area contributed by atoms with Gasteiger partial charge in [0.1, 0.15) is 0 Å². The second-order valence-electron chi connectivity index (χ2n) is 8.85. The molecule has 2 aliphatic carbocycles. The third-order valence-electron chi connectivity index (χ3n) is 6.13. The van der Waals surface area contributed by atoms with Crippen LogP contribution in [0.4, 0.5) is 5.13 Å². The van der Waals surface area contributed by atoms with E-state index in [1.165, 1.54) is 55.6 Å². The van der Waals surface area contributed by atoms with Crippen LogP contribution in [-0.4, -0.2) is 45.9 Å². The molecule has 0 aromatic carbocycles. The van der Waals surface area contributed by atoms with Gasteiger partial charge in [-0.2, -0.15) is 0 Å². The predicted molar refractivity (Wildman–Crippen MR) is 129 cm³/mol. The molecule has 3 heterocycles. The molecule has 5 rings (SSSR count). The first-order valence-electron chi connectivity index (χ1n) is 11.8. The number of rotatable bonds is 6. The topological polar surface area (TPSA) is 70.1 Å². The number of aryl methyl sites for hydroxylation is 1. The number of anilines is 1. The summed E-state index contributed by atoms with van der Waals surface area (Å²) >= 11 is 3.47. The second kappa shape index (κ2) is 10.9. The van der Waals surface area contributed by atoms with E-state index < -0.39 is 0 Å². The van der Waals surface area contributed by atoms with Crippen LogP contribution in [0.3, 0.4) is 0 Å². The highest BCUT2D eigenvalue weighted by Crippen LogP contribution is 2.31. The summed E-state index contributed by atoms with van der Waals surface area (Å²) in [6.45, 7) is 7.58. The van der Waals surface area contributed by atoms with Gasteiger partial charge in [0.25, 0.3) is 0 Å². The number of amides is 1. The van der Waals surface area contributed by atoms with Gasteiger partial charge in [0.15, 0.2) is 5.13 Å². The largest absolute Gasteiger partial charge is 0.359 e. The number of carbonyl (C=O) groups excluding carboxylic acids is 1. The van der Waals surface area contributed by atoms with Gasteiger partial charge in [-0.3, -0.25) is 9.69 Å². The number of hydrogen-bond acceptors (Lipinski definition) is 7. The Hall–Kier alpha value is -1.51. The van der Waals surface area contributed by atoms with E-state index in [9.17, 15) is 4.79 Å². The third-order valence-corrected chi connectivity index (χ3v) is 8.13. The van der Waals surface area contributed by atoms with E-state index in [0.717, 1.165) is 47.0 Å². The average molecular weight is 462 g/mol. The fourth-order valence-corrected chi connectivity index (χ4v) is 5.99. The molecule has 6 nitrogen and oxygen atoms in total. The summed E-state index contributed by atoms with van der Waals surface area (Å²) in [5.41, 5.74) is 1.32. The molecule has 2 saturated carbocycles. The van der Waals surface area contributed by atoms with E-state index >= 15 is 0 Å². The zero-order valence-corrected chi connectivity index (χ0v) is 20.4. The zero-order valence-electron chi connectivity index (χ0n) is 18.8. The standard InChI is InChI=1S/C12H18N2OS.C11H17N3S/c1-9-13-8-11(16-9)7-12(15)14-10-5-3-2-4-6-10;1-2-14-6-5-10-9(7-14)13-11(15-10)12-8-3-4-8/h8,10H,2-7H2,1H3,(H,14,15);8H,2-7H2,1H3,(H,12,13). The Balaban J connectivity index is 0.000000149. The molecule has 31 heavy (non-hydrogen) atoms. The van der Waals surface area contributed by atoms with Crippen molar-refractivity contribution in [3.8, 4) is 0 Å². The van der Waals surface area contributed by atoms with E-state index in [4.69, 9.17) is 4.98 Å². The number of aromatic nitrogens is 2. The third kappa shape index (κ3) is 6.99. The minimum atomic E-state index is 0.149. The molecule has 3 aliphatic rings.